The summed E-state index contributed by atoms with van der Waals surface area (Å²) < 4.78 is 0. The lowest BCUT2D eigenvalue weighted by atomic mass is 9.72. The quantitative estimate of drug-likeness (QED) is 0.703. The van der Waals surface area contributed by atoms with E-state index in [4.69, 9.17) is 5.11 Å². The first-order valence-electron chi connectivity index (χ1n) is 6.92. The average molecular weight is 330 g/mol. The first kappa shape index (κ1) is 17.1. The fraction of sp³-hybridized carbons (Fsp3) is 0.176. The number of carbonyl (C=O) groups excluding carboxylic acids is 1. The molecule has 0 radical (unpaired) electrons. The molecule has 0 saturated carbocycles. The summed E-state index contributed by atoms with van der Waals surface area (Å²) in [4.78, 5) is 46.2. The first-order valence-corrected chi connectivity index (χ1v) is 6.92. The molecule has 2 rings (SSSR count). The molecule has 0 aromatic heterocycles. The molecule has 1 aromatic rings. The molecule has 7 heteroatoms. The third-order valence-corrected chi connectivity index (χ3v) is 3.96. The summed E-state index contributed by atoms with van der Waals surface area (Å²) >= 11 is 0. The van der Waals surface area contributed by atoms with Crippen LogP contribution in [-0.2, 0) is 9.59 Å². The monoisotopic (exact) mass is 330 g/mol. The van der Waals surface area contributed by atoms with Crippen molar-refractivity contribution in [2.45, 2.75) is 6.92 Å². The normalized spacial score (nSPS) is 22.5. The van der Waals surface area contributed by atoms with Crippen LogP contribution in [0.5, 0.6) is 0 Å². The minimum Gasteiger partial charge on any atom is -0.481 e. The Balaban J connectivity index is 2.43. The Hall–Kier alpha value is -3.22. The van der Waals surface area contributed by atoms with Crippen molar-refractivity contribution in [2.75, 3.05) is 0 Å². The van der Waals surface area contributed by atoms with Crippen LogP contribution in [0, 0.1) is 11.3 Å². The topological polar surface area (TPSA) is 129 Å². The van der Waals surface area contributed by atoms with E-state index in [0.29, 0.717) is 0 Å². The maximum Gasteiger partial charge on any atom is 0.335 e. The third-order valence-electron chi connectivity index (χ3n) is 3.96. The van der Waals surface area contributed by atoms with Crippen LogP contribution >= 0.6 is 0 Å². The van der Waals surface area contributed by atoms with E-state index >= 15 is 0 Å². The van der Waals surface area contributed by atoms with E-state index < -0.39 is 35.0 Å². The van der Waals surface area contributed by atoms with Crippen LogP contribution < -0.4 is 0 Å². The second-order valence-electron chi connectivity index (χ2n) is 5.57. The van der Waals surface area contributed by atoms with Gasteiger partial charge in [-0.25, -0.2) is 4.79 Å². The highest BCUT2D eigenvalue weighted by Crippen LogP contribution is 2.36. The maximum atomic E-state index is 12.5. The van der Waals surface area contributed by atoms with Crippen LogP contribution in [-0.4, -0.2) is 39.0 Å². The van der Waals surface area contributed by atoms with Gasteiger partial charge in [-0.15, -0.1) is 0 Å². The lowest BCUT2D eigenvalue weighted by Gasteiger charge is -2.29. The molecular weight excluding hydrogens is 316 g/mol. The number of ketones is 1. The molecule has 0 aliphatic heterocycles. The Labute approximate surface area is 136 Å². The van der Waals surface area contributed by atoms with E-state index in [1.165, 1.54) is 43.3 Å². The van der Waals surface area contributed by atoms with Crippen LogP contribution in [0.15, 0.2) is 48.1 Å². The SMILES string of the molecule is CC1(C(=O)O)C=CC(C(=O)c2cccc(C(=O)O)c2)=CC1C(=O)O. The van der Waals surface area contributed by atoms with Gasteiger partial charge in [0, 0.05) is 11.1 Å². The van der Waals surface area contributed by atoms with E-state index in [1.807, 2.05) is 0 Å². The van der Waals surface area contributed by atoms with Gasteiger partial charge in [-0.2, -0.15) is 0 Å². The molecule has 1 aliphatic carbocycles. The minimum atomic E-state index is -1.67. The molecule has 0 spiro atoms. The molecule has 0 amide bonds. The molecule has 24 heavy (non-hydrogen) atoms. The van der Waals surface area contributed by atoms with Crippen LogP contribution in [0.2, 0.25) is 0 Å². The lowest BCUT2D eigenvalue weighted by molar-refractivity contribution is -0.155. The fourth-order valence-electron chi connectivity index (χ4n) is 2.42. The Morgan fingerprint density at radius 2 is 1.67 bits per heavy atom. The molecule has 0 bridgehead atoms. The molecular formula is C17H14O7. The van der Waals surface area contributed by atoms with Gasteiger partial charge in [-0.3, -0.25) is 14.4 Å². The van der Waals surface area contributed by atoms with Gasteiger partial charge in [0.2, 0.25) is 0 Å². The highest BCUT2D eigenvalue weighted by Gasteiger charge is 2.44. The van der Waals surface area contributed by atoms with Crippen molar-refractivity contribution in [3.8, 4) is 0 Å². The second kappa shape index (κ2) is 6.11. The van der Waals surface area contributed by atoms with Gasteiger partial charge in [0.05, 0.1) is 11.5 Å². The van der Waals surface area contributed by atoms with Crippen molar-refractivity contribution in [1.82, 2.24) is 0 Å². The van der Waals surface area contributed by atoms with Gasteiger partial charge < -0.3 is 15.3 Å². The number of hydrogen-bond donors (Lipinski definition) is 3. The van der Waals surface area contributed by atoms with E-state index in [9.17, 15) is 29.4 Å². The Morgan fingerprint density at radius 3 is 2.21 bits per heavy atom. The van der Waals surface area contributed by atoms with Crippen molar-refractivity contribution < 1.29 is 34.5 Å². The van der Waals surface area contributed by atoms with Gasteiger partial charge >= 0.3 is 17.9 Å². The minimum absolute atomic E-state index is 0.00339. The van der Waals surface area contributed by atoms with Gasteiger partial charge in [-0.05, 0) is 19.1 Å². The summed E-state index contributed by atoms with van der Waals surface area (Å²) in [6.45, 7) is 1.26. The van der Waals surface area contributed by atoms with Crippen molar-refractivity contribution in [3.63, 3.8) is 0 Å². The van der Waals surface area contributed by atoms with E-state index in [2.05, 4.69) is 0 Å². The summed E-state index contributed by atoms with van der Waals surface area (Å²) in [6.07, 6.45) is 3.51. The molecule has 1 aliphatic rings. The summed E-state index contributed by atoms with van der Waals surface area (Å²) in [6, 6.07) is 5.32. The zero-order chi connectivity index (χ0) is 18.1. The standard InChI is InChI=1S/C17H14O7/c1-17(16(23)24)6-5-10(8-12(17)15(21)22)13(18)9-3-2-4-11(7-9)14(19)20/h2-8,12H,1H3,(H,19,20)(H,21,22)(H,23,24). The molecule has 0 saturated heterocycles. The molecule has 7 nitrogen and oxygen atoms in total. The number of rotatable bonds is 5. The Kier molecular flexibility index (Phi) is 4.37. The maximum absolute atomic E-state index is 12.5. The smallest absolute Gasteiger partial charge is 0.335 e. The summed E-state index contributed by atoms with van der Waals surface area (Å²) in [5.74, 6) is -5.87. The van der Waals surface area contributed by atoms with Gasteiger partial charge in [0.25, 0.3) is 0 Å². The average Bonchev–Trinajstić information content (AvgIpc) is 2.54. The van der Waals surface area contributed by atoms with Crippen LogP contribution in [0.3, 0.4) is 0 Å². The summed E-state index contributed by atoms with van der Waals surface area (Å²) in [5, 5.41) is 27.5. The number of carboxylic acid groups (broad SMARTS) is 3. The van der Waals surface area contributed by atoms with Gasteiger partial charge in [0.15, 0.2) is 5.78 Å². The Morgan fingerprint density at radius 1 is 1.04 bits per heavy atom. The third kappa shape index (κ3) is 2.96. The first-order chi connectivity index (χ1) is 11.2. The molecule has 2 unspecified atom stereocenters. The van der Waals surface area contributed by atoms with E-state index in [0.717, 1.165) is 6.08 Å². The van der Waals surface area contributed by atoms with Gasteiger partial charge in [0.1, 0.15) is 5.41 Å². The van der Waals surface area contributed by atoms with Crippen molar-refractivity contribution in [1.29, 1.82) is 0 Å². The molecule has 2 atom stereocenters. The van der Waals surface area contributed by atoms with E-state index in [-0.39, 0.29) is 16.7 Å². The Bertz CT molecular complexity index is 803. The predicted octanol–water partition coefficient (Wildman–Crippen LogP) is 1.86. The van der Waals surface area contributed by atoms with Gasteiger partial charge in [-0.1, -0.05) is 30.4 Å². The lowest BCUT2D eigenvalue weighted by Crippen LogP contribution is -2.39. The summed E-state index contributed by atoms with van der Waals surface area (Å²) in [7, 11) is 0. The molecule has 0 fully saturated rings. The van der Waals surface area contributed by atoms with Crippen LogP contribution in [0.25, 0.3) is 0 Å². The van der Waals surface area contributed by atoms with Crippen LogP contribution in [0.1, 0.15) is 27.6 Å². The number of carbonyl (C=O) groups is 4. The number of benzene rings is 1. The highest BCUT2D eigenvalue weighted by molar-refractivity contribution is 6.12. The second-order valence-corrected chi connectivity index (χ2v) is 5.57. The molecule has 124 valence electrons. The van der Waals surface area contributed by atoms with Crippen molar-refractivity contribution >= 4 is 23.7 Å². The number of Topliss-reactive ketones (excluding diaryl/α,β-unsaturated/α-hetero) is 1. The predicted molar refractivity (Wildman–Crippen MR) is 81.8 cm³/mol. The largest absolute Gasteiger partial charge is 0.481 e. The van der Waals surface area contributed by atoms with Crippen molar-refractivity contribution in [3.05, 3.63) is 59.2 Å². The fourth-order valence-corrected chi connectivity index (χ4v) is 2.42. The zero-order valence-corrected chi connectivity index (χ0v) is 12.6. The highest BCUT2D eigenvalue weighted by atomic mass is 16.4. The van der Waals surface area contributed by atoms with Crippen molar-refractivity contribution in [2.24, 2.45) is 11.3 Å². The number of carboxylic acids is 3. The molecule has 3 N–H and O–H groups in total. The summed E-state index contributed by atoms with van der Waals surface area (Å²) in [5.41, 5.74) is -1.66. The molecule has 0 heterocycles. The zero-order valence-electron chi connectivity index (χ0n) is 12.6. The number of aliphatic carboxylic acids is 2. The number of aromatic carboxylic acids is 1. The molecule has 1 aromatic carbocycles. The van der Waals surface area contributed by atoms with Crippen LogP contribution in [0.4, 0.5) is 0 Å². The number of hydrogen-bond acceptors (Lipinski definition) is 4. The van der Waals surface area contributed by atoms with E-state index in [1.54, 1.807) is 0 Å². The number of allylic oxidation sites excluding steroid dienone is 2.